The Bertz CT molecular complexity index is 157. The predicted octanol–water partition coefficient (Wildman–Crippen LogP) is 5.83. The van der Waals surface area contributed by atoms with Crippen LogP contribution >= 0.6 is 0 Å². The quantitative estimate of drug-likeness (QED) is 0.323. The van der Waals surface area contributed by atoms with Crippen LogP contribution in [0, 0.1) is 17.8 Å². The lowest BCUT2D eigenvalue weighted by Crippen LogP contribution is -2.17. The van der Waals surface area contributed by atoms with Crippen LogP contribution in [0.15, 0.2) is 12.7 Å². The molecule has 0 spiro atoms. The van der Waals surface area contributed by atoms with E-state index in [1.807, 2.05) is 0 Å². The molecule has 96 valence electrons. The van der Waals surface area contributed by atoms with Crippen LogP contribution in [0.5, 0.6) is 0 Å². The Labute approximate surface area is 104 Å². The van der Waals surface area contributed by atoms with Crippen molar-refractivity contribution in [2.24, 2.45) is 17.8 Å². The zero-order valence-corrected chi connectivity index (χ0v) is 12.0. The molecule has 0 aliphatic rings. The molecule has 0 aliphatic heterocycles. The fourth-order valence-electron chi connectivity index (χ4n) is 2.64. The summed E-state index contributed by atoms with van der Waals surface area (Å²) >= 11 is 0. The smallest absolute Gasteiger partial charge is 0.0320 e. The molecule has 0 aliphatic carbocycles. The largest absolute Gasteiger partial charge is 0.103 e. The third kappa shape index (κ3) is 7.09. The summed E-state index contributed by atoms with van der Waals surface area (Å²) in [6.07, 6.45) is 11.7. The lowest BCUT2D eigenvalue weighted by atomic mass is 9.79. The van der Waals surface area contributed by atoms with Crippen molar-refractivity contribution in [3.8, 4) is 0 Å². The van der Waals surface area contributed by atoms with Crippen LogP contribution in [0.4, 0.5) is 0 Å². The number of allylic oxidation sites excluding steroid dienone is 1. The molecule has 0 aromatic carbocycles. The number of hydrogen-bond donors (Lipinski definition) is 0. The van der Waals surface area contributed by atoms with E-state index in [2.05, 4.69) is 40.3 Å². The second kappa shape index (κ2) is 9.93. The predicted molar refractivity (Wildman–Crippen MR) is 75.7 cm³/mol. The first-order valence-corrected chi connectivity index (χ1v) is 7.24. The van der Waals surface area contributed by atoms with Crippen molar-refractivity contribution < 1.29 is 0 Å². The molecule has 2 atom stereocenters. The Morgan fingerprint density at radius 1 is 1.00 bits per heavy atom. The van der Waals surface area contributed by atoms with Crippen molar-refractivity contribution in [1.29, 1.82) is 0 Å². The Morgan fingerprint density at radius 3 is 2.12 bits per heavy atom. The zero-order chi connectivity index (χ0) is 12.4. The van der Waals surface area contributed by atoms with E-state index in [0.717, 1.165) is 17.8 Å². The summed E-state index contributed by atoms with van der Waals surface area (Å²) in [4.78, 5) is 0. The Balaban J connectivity index is 3.73. The maximum absolute atomic E-state index is 3.89. The van der Waals surface area contributed by atoms with Gasteiger partial charge in [0.25, 0.3) is 0 Å². The van der Waals surface area contributed by atoms with Gasteiger partial charge in [-0.3, -0.25) is 0 Å². The lowest BCUT2D eigenvalue weighted by molar-refractivity contribution is 0.254. The second-order valence-electron chi connectivity index (χ2n) is 5.61. The highest BCUT2D eigenvalue weighted by molar-refractivity contribution is 4.78. The van der Waals surface area contributed by atoms with Gasteiger partial charge < -0.3 is 0 Å². The first-order chi connectivity index (χ1) is 7.63. The third-order valence-electron chi connectivity index (χ3n) is 3.79. The lowest BCUT2D eigenvalue weighted by Gasteiger charge is -2.26. The van der Waals surface area contributed by atoms with E-state index in [0.29, 0.717) is 0 Å². The first-order valence-electron chi connectivity index (χ1n) is 7.24. The highest BCUT2D eigenvalue weighted by Crippen LogP contribution is 2.28. The fraction of sp³-hybridized carbons (Fsp3) is 0.875. The van der Waals surface area contributed by atoms with Gasteiger partial charge in [-0.15, -0.1) is 6.58 Å². The molecule has 0 bridgehead atoms. The van der Waals surface area contributed by atoms with Crippen LogP contribution in [0.2, 0.25) is 0 Å². The maximum atomic E-state index is 3.89. The van der Waals surface area contributed by atoms with Crippen molar-refractivity contribution >= 4 is 0 Å². The molecule has 0 heterocycles. The van der Waals surface area contributed by atoms with E-state index in [1.54, 1.807) is 0 Å². The summed E-state index contributed by atoms with van der Waals surface area (Å²) in [6.45, 7) is 13.3. The molecule has 0 saturated carbocycles. The Morgan fingerprint density at radius 2 is 1.62 bits per heavy atom. The minimum atomic E-state index is 0.795. The number of rotatable bonds is 10. The molecular weight excluding hydrogens is 192 g/mol. The van der Waals surface area contributed by atoms with Crippen LogP contribution < -0.4 is 0 Å². The second-order valence-corrected chi connectivity index (χ2v) is 5.61. The highest BCUT2D eigenvalue weighted by Gasteiger charge is 2.18. The highest BCUT2D eigenvalue weighted by atomic mass is 14.2. The monoisotopic (exact) mass is 224 g/mol. The minimum Gasteiger partial charge on any atom is -0.103 e. The van der Waals surface area contributed by atoms with E-state index in [-0.39, 0.29) is 0 Å². The first kappa shape index (κ1) is 15.7. The molecule has 0 nitrogen and oxygen atoms in total. The van der Waals surface area contributed by atoms with E-state index in [1.165, 1.54) is 44.9 Å². The molecular formula is C16H32. The molecule has 0 radical (unpaired) electrons. The van der Waals surface area contributed by atoms with Crippen LogP contribution in [0.1, 0.15) is 72.6 Å². The summed E-state index contributed by atoms with van der Waals surface area (Å²) in [5.74, 6) is 2.49. The summed E-state index contributed by atoms with van der Waals surface area (Å²) in [5.41, 5.74) is 0. The van der Waals surface area contributed by atoms with Gasteiger partial charge in [0.15, 0.2) is 0 Å². The molecule has 0 aromatic rings. The standard InChI is InChI=1S/C16H32/c1-6-8-9-10-11-13-15(5)16(12-7-2)14(3)4/h7,14-16H,2,6,8-13H2,1,3-5H3. The van der Waals surface area contributed by atoms with Gasteiger partial charge in [0.1, 0.15) is 0 Å². The van der Waals surface area contributed by atoms with Gasteiger partial charge >= 0.3 is 0 Å². The zero-order valence-electron chi connectivity index (χ0n) is 12.0. The summed E-state index contributed by atoms with van der Waals surface area (Å²) in [7, 11) is 0. The van der Waals surface area contributed by atoms with Gasteiger partial charge in [0.05, 0.1) is 0 Å². The number of unbranched alkanes of at least 4 members (excludes halogenated alkanes) is 4. The van der Waals surface area contributed by atoms with E-state index < -0.39 is 0 Å². The maximum Gasteiger partial charge on any atom is -0.0320 e. The SMILES string of the molecule is C=CCC(C(C)C)C(C)CCCCCCC. The van der Waals surface area contributed by atoms with E-state index in [9.17, 15) is 0 Å². The van der Waals surface area contributed by atoms with Crippen molar-refractivity contribution in [1.82, 2.24) is 0 Å². The van der Waals surface area contributed by atoms with Crippen LogP contribution in [0.3, 0.4) is 0 Å². The van der Waals surface area contributed by atoms with Gasteiger partial charge in [-0.05, 0) is 24.2 Å². The molecule has 0 saturated heterocycles. The molecule has 0 heteroatoms. The number of hydrogen-bond acceptors (Lipinski definition) is 0. The average Bonchev–Trinajstić information content (AvgIpc) is 2.24. The Kier molecular flexibility index (Phi) is 9.77. The van der Waals surface area contributed by atoms with Gasteiger partial charge in [0.2, 0.25) is 0 Å². The van der Waals surface area contributed by atoms with Crippen molar-refractivity contribution in [2.45, 2.75) is 72.6 Å². The summed E-state index contributed by atoms with van der Waals surface area (Å²) in [6, 6.07) is 0. The van der Waals surface area contributed by atoms with Crippen LogP contribution in [0.25, 0.3) is 0 Å². The van der Waals surface area contributed by atoms with Gasteiger partial charge in [-0.25, -0.2) is 0 Å². The molecule has 0 aromatic heterocycles. The van der Waals surface area contributed by atoms with Crippen molar-refractivity contribution in [3.63, 3.8) is 0 Å². The van der Waals surface area contributed by atoms with Gasteiger partial charge in [0, 0.05) is 0 Å². The molecule has 16 heavy (non-hydrogen) atoms. The molecule has 0 N–H and O–H groups in total. The van der Waals surface area contributed by atoms with Crippen molar-refractivity contribution in [3.05, 3.63) is 12.7 Å². The van der Waals surface area contributed by atoms with Gasteiger partial charge in [-0.1, -0.05) is 72.3 Å². The normalized spacial score (nSPS) is 15.1. The molecule has 2 unspecified atom stereocenters. The minimum absolute atomic E-state index is 0.795. The van der Waals surface area contributed by atoms with Crippen LogP contribution in [-0.4, -0.2) is 0 Å². The molecule has 0 rings (SSSR count). The molecule has 0 fully saturated rings. The third-order valence-corrected chi connectivity index (χ3v) is 3.79. The molecule has 0 amide bonds. The summed E-state index contributed by atoms with van der Waals surface area (Å²) < 4.78 is 0. The van der Waals surface area contributed by atoms with Crippen LogP contribution in [-0.2, 0) is 0 Å². The summed E-state index contributed by atoms with van der Waals surface area (Å²) in [5, 5.41) is 0. The fourth-order valence-corrected chi connectivity index (χ4v) is 2.64. The van der Waals surface area contributed by atoms with Crippen molar-refractivity contribution in [2.75, 3.05) is 0 Å². The van der Waals surface area contributed by atoms with Gasteiger partial charge in [-0.2, -0.15) is 0 Å². The Hall–Kier alpha value is -0.260. The topological polar surface area (TPSA) is 0 Å². The van der Waals surface area contributed by atoms with E-state index in [4.69, 9.17) is 0 Å². The average molecular weight is 224 g/mol. The van der Waals surface area contributed by atoms with E-state index >= 15 is 0 Å².